The summed E-state index contributed by atoms with van der Waals surface area (Å²) in [6.07, 6.45) is 4.46. The van der Waals surface area contributed by atoms with Gasteiger partial charge in [-0.25, -0.2) is 9.78 Å². The van der Waals surface area contributed by atoms with Crippen molar-refractivity contribution in [1.29, 1.82) is 0 Å². The number of aromatic nitrogens is 6. The first-order valence-electron chi connectivity index (χ1n) is 10.2. The van der Waals surface area contributed by atoms with Gasteiger partial charge in [-0.1, -0.05) is 18.1 Å². The van der Waals surface area contributed by atoms with Gasteiger partial charge >= 0.3 is 5.69 Å². The maximum Gasteiger partial charge on any atom is 0.331 e. The van der Waals surface area contributed by atoms with Crippen LogP contribution in [0.5, 0.6) is 0 Å². The molecule has 0 aromatic carbocycles. The monoisotopic (exact) mass is 420 g/mol. The van der Waals surface area contributed by atoms with Gasteiger partial charge in [0.25, 0.3) is 11.1 Å². The molecule has 0 atom stereocenters. The summed E-state index contributed by atoms with van der Waals surface area (Å²) in [6.45, 7) is 2.27. The number of aryl methyl sites for hydroxylation is 1. The smallest absolute Gasteiger partial charge is 0.331 e. The van der Waals surface area contributed by atoms with Gasteiger partial charge in [0, 0.05) is 30.9 Å². The molecule has 0 bridgehead atoms. The third-order valence-corrected chi connectivity index (χ3v) is 5.52. The van der Waals surface area contributed by atoms with Crippen molar-refractivity contribution in [1.82, 2.24) is 28.7 Å². The Bertz CT molecular complexity index is 1480. The fourth-order valence-corrected chi connectivity index (χ4v) is 4.00. The highest BCUT2D eigenvalue weighted by molar-refractivity contribution is 5.57. The van der Waals surface area contributed by atoms with Crippen LogP contribution in [0.1, 0.15) is 37.0 Å². The molecule has 0 N–H and O–H groups in total. The number of nitrogens with zero attached hydrogens (tertiary/aromatic N) is 6. The molecule has 5 heterocycles. The van der Waals surface area contributed by atoms with Gasteiger partial charge in [0.05, 0.1) is 12.2 Å². The molecule has 158 valence electrons. The van der Waals surface area contributed by atoms with E-state index < -0.39 is 11.2 Å². The second-order valence-corrected chi connectivity index (χ2v) is 7.48. The molecule has 0 saturated heterocycles. The summed E-state index contributed by atoms with van der Waals surface area (Å²) in [5, 5.41) is 3.98. The minimum absolute atomic E-state index is 0.121. The first-order chi connectivity index (χ1) is 15.1. The molecule has 4 aromatic heterocycles. The van der Waals surface area contributed by atoms with Gasteiger partial charge in [-0.05, 0) is 31.4 Å². The van der Waals surface area contributed by atoms with Crippen molar-refractivity contribution in [2.24, 2.45) is 0 Å². The Balaban J connectivity index is 1.71. The largest absolute Gasteiger partial charge is 0.339 e. The summed E-state index contributed by atoms with van der Waals surface area (Å²) in [5.74, 6) is 0.610. The molecule has 31 heavy (non-hydrogen) atoms. The molecule has 4 aromatic rings. The predicted molar refractivity (Wildman–Crippen MR) is 111 cm³/mol. The van der Waals surface area contributed by atoms with Crippen molar-refractivity contribution in [2.75, 3.05) is 0 Å². The maximum atomic E-state index is 13.4. The molecule has 1 aliphatic heterocycles. The van der Waals surface area contributed by atoms with Crippen LogP contribution in [-0.2, 0) is 25.9 Å². The number of fused-ring (bicyclic) bond motifs is 2. The molecule has 0 unspecified atom stereocenters. The van der Waals surface area contributed by atoms with Crippen LogP contribution in [0.15, 0.2) is 49.4 Å². The van der Waals surface area contributed by atoms with Crippen LogP contribution < -0.4 is 16.8 Å². The first kappa shape index (κ1) is 19.2. The van der Waals surface area contributed by atoms with Crippen LogP contribution >= 0.6 is 0 Å². The lowest BCUT2D eigenvalue weighted by Crippen LogP contribution is -2.44. The minimum Gasteiger partial charge on any atom is -0.339 e. The zero-order chi connectivity index (χ0) is 21.5. The van der Waals surface area contributed by atoms with Crippen LogP contribution in [0.25, 0.3) is 17.0 Å². The zero-order valence-corrected chi connectivity index (χ0v) is 16.9. The lowest BCUT2D eigenvalue weighted by atomic mass is 10.0. The van der Waals surface area contributed by atoms with E-state index in [0.717, 1.165) is 17.4 Å². The SMILES string of the molecule is CCc1nc(-c2c3n(c(=O)n(Cc4cc(=O)n5ccccc5n4)c2=O)CCCC3)no1. The topological polar surface area (TPSA) is 117 Å². The van der Waals surface area contributed by atoms with E-state index in [0.29, 0.717) is 42.3 Å². The van der Waals surface area contributed by atoms with E-state index in [-0.39, 0.29) is 23.5 Å². The molecule has 5 rings (SSSR count). The van der Waals surface area contributed by atoms with Crippen LogP contribution in [0.3, 0.4) is 0 Å². The van der Waals surface area contributed by atoms with E-state index in [2.05, 4.69) is 15.1 Å². The van der Waals surface area contributed by atoms with Crippen molar-refractivity contribution in [3.63, 3.8) is 0 Å². The maximum absolute atomic E-state index is 13.4. The fourth-order valence-electron chi connectivity index (χ4n) is 4.00. The van der Waals surface area contributed by atoms with Gasteiger partial charge in [-0.2, -0.15) is 4.98 Å². The number of hydrogen-bond donors (Lipinski definition) is 0. The summed E-state index contributed by atoms with van der Waals surface area (Å²) in [4.78, 5) is 47.8. The fraction of sp³-hybridized carbons (Fsp3) is 0.333. The van der Waals surface area contributed by atoms with Crippen molar-refractivity contribution < 1.29 is 4.52 Å². The Morgan fingerprint density at radius 3 is 2.81 bits per heavy atom. The van der Waals surface area contributed by atoms with Gasteiger partial charge in [0.1, 0.15) is 11.2 Å². The molecular formula is C21H20N6O4. The highest BCUT2D eigenvalue weighted by Crippen LogP contribution is 2.22. The van der Waals surface area contributed by atoms with Gasteiger partial charge in [-0.15, -0.1) is 0 Å². The van der Waals surface area contributed by atoms with Crippen molar-refractivity contribution >= 4 is 5.65 Å². The van der Waals surface area contributed by atoms with Crippen molar-refractivity contribution in [2.45, 2.75) is 45.7 Å². The van der Waals surface area contributed by atoms with Gasteiger partial charge in [-0.3, -0.25) is 23.1 Å². The van der Waals surface area contributed by atoms with E-state index in [1.807, 2.05) is 6.92 Å². The van der Waals surface area contributed by atoms with E-state index in [1.165, 1.54) is 10.5 Å². The quantitative estimate of drug-likeness (QED) is 0.484. The summed E-state index contributed by atoms with van der Waals surface area (Å²) < 4.78 is 9.33. The number of hydrogen-bond acceptors (Lipinski definition) is 7. The minimum atomic E-state index is -0.503. The third kappa shape index (κ3) is 3.20. The Kier molecular flexibility index (Phi) is 4.61. The molecule has 1 aliphatic rings. The van der Waals surface area contributed by atoms with Gasteiger partial charge in [0.2, 0.25) is 11.7 Å². The molecule has 0 saturated carbocycles. The highest BCUT2D eigenvalue weighted by Gasteiger charge is 2.25. The Morgan fingerprint density at radius 2 is 2.00 bits per heavy atom. The second kappa shape index (κ2) is 7.46. The van der Waals surface area contributed by atoms with Crippen LogP contribution in [-0.4, -0.2) is 28.7 Å². The van der Waals surface area contributed by atoms with E-state index in [9.17, 15) is 14.4 Å². The summed E-state index contributed by atoms with van der Waals surface area (Å²) in [5.41, 5.74) is 0.488. The predicted octanol–water partition coefficient (Wildman–Crippen LogP) is 1.01. The first-order valence-corrected chi connectivity index (χ1v) is 10.2. The average molecular weight is 420 g/mol. The van der Waals surface area contributed by atoms with E-state index in [4.69, 9.17) is 4.52 Å². The highest BCUT2D eigenvalue weighted by atomic mass is 16.5. The Labute approximate surface area is 175 Å². The number of pyridine rings is 1. The molecular weight excluding hydrogens is 400 g/mol. The number of rotatable bonds is 4. The van der Waals surface area contributed by atoms with Gasteiger partial charge < -0.3 is 4.52 Å². The second-order valence-electron chi connectivity index (χ2n) is 7.48. The summed E-state index contributed by atoms with van der Waals surface area (Å²) in [7, 11) is 0. The average Bonchev–Trinajstić information content (AvgIpc) is 3.26. The summed E-state index contributed by atoms with van der Waals surface area (Å²) in [6, 6.07) is 6.54. The van der Waals surface area contributed by atoms with Crippen LogP contribution in [0.2, 0.25) is 0 Å². The molecule has 0 spiro atoms. The molecule has 10 heteroatoms. The van der Waals surface area contributed by atoms with Crippen LogP contribution in [0.4, 0.5) is 0 Å². The zero-order valence-electron chi connectivity index (χ0n) is 16.9. The molecule has 10 nitrogen and oxygen atoms in total. The van der Waals surface area contributed by atoms with Crippen molar-refractivity contribution in [3.8, 4) is 11.4 Å². The van der Waals surface area contributed by atoms with Crippen molar-refractivity contribution in [3.05, 3.63) is 78.9 Å². The molecule has 0 aliphatic carbocycles. The van der Waals surface area contributed by atoms with Gasteiger partial charge in [0.15, 0.2) is 0 Å². The normalized spacial score (nSPS) is 13.5. The Hall–Kier alpha value is -3.82. The standard InChI is InChI=1S/C21H20N6O4/c1-2-16-23-19(24-31-16)18-14-7-3-5-9-25(14)21(30)27(20(18)29)12-13-11-17(28)26-10-6-4-8-15(26)22-13/h4,6,8,10-11H,2-3,5,7,9,12H2,1H3. The lowest BCUT2D eigenvalue weighted by Gasteiger charge is -2.21. The lowest BCUT2D eigenvalue weighted by molar-refractivity contribution is 0.382. The molecule has 0 radical (unpaired) electrons. The molecule has 0 fully saturated rings. The third-order valence-electron chi connectivity index (χ3n) is 5.52. The van der Waals surface area contributed by atoms with E-state index in [1.54, 1.807) is 29.0 Å². The molecule has 0 amide bonds. The van der Waals surface area contributed by atoms with Crippen LogP contribution in [0, 0.1) is 0 Å². The van der Waals surface area contributed by atoms with E-state index >= 15 is 0 Å². The Morgan fingerprint density at radius 1 is 1.13 bits per heavy atom. The summed E-state index contributed by atoms with van der Waals surface area (Å²) >= 11 is 0.